The second-order valence-corrected chi connectivity index (χ2v) is 6.08. The summed E-state index contributed by atoms with van der Waals surface area (Å²) < 4.78 is 0. The van der Waals surface area contributed by atoms with Crippen molar-refractivity contribution in [2.75, 3.05) is 19.6 Å². The molecule has 2 aromatic rings. The van der Waals surface area contributed by atoms with E-state index in [0.29, 0.717) is 26.2 Å². The number of carbonyl (C=O) groups excluding carboxylic acids is 2. The number of rotatable bonds is 5. The number of hydrogen-bond acceptors (Lipinski definition) is 3. The Hall–Kier alpha value is -2.20. The van der Waals surface area contributed by atoms with Gasteiger partial charge < -0.3 is 0 Å². The van der Waals surface area contributed by atoms with E-state index >= 15 is 0 Å². The summed E-state index contributed by atoms with van der Waals surface area (Å²) in [6.07, 6.45) is 1.86. The van der Waals surface area contributed by atoms with Crippen LogP contribution in [0.3, 0.4) is 0 Å². The first-order valence-corrected chi connectivity index (χ1v) is 8.21. The molecule has 2 amide bonds. The number of hydrogen-bond donors (Lipinski definition) is 0. The standard InChI is InChI=1S/C19H22N2O2/c1-2-3-11-21-18(22)13-20(14-19(21)23)12-16-9-6-8-15-7-4-5-10-17(15)16/h4-10H,2-3,11-14H2,1H3. The van der Waals surface area contributed by atoms with Gasteiger partial charge in [-0.3, -0.25) is 19.4 Å². The van der Waals surface area contributed by atoms with E-state index in [4.69, 9.17) is 0 Å². The zero-order valence-corrected chi connectivity index (χ0v) is 13.5. The molecule has 1 heterocycles. The normalized spacial score (nSPS) is 16.3. The highest BCUT2D eigenvalue weighted by Crippen LogP contribution is 2.21. The minimum atomic E-state index is -0.0741. The van der Waals surface area contributed by atoms with E-state index in [2.05, 4.69) is 31.2 Å². The number of nitrogens with zero attached hydrogens (tertiary/aromatic N) is 2. The first-order valence-electron chi connectivity index (χ1n) is 8.21. The highest BCUT2D eigenvalue weighted by atomic mass is 16.2. The summed E-state index contributed by atoms with van der Waals surface area (Å²) in [5, 5.41) is 2.37. The molecular formula is C19H22N2O2. The average Bonchev–Trinajstić information content (AvgIpc) is 2.54. The summed E-state index contributed by atoms with van der Waals surface area (Å²) in [5.74, 6) is -0.148. The average molecular weight is 310 g/mol. The van der Waals surface area contributed by atoms with Gasteiger partial charge in [0.2, 0.25) is 11.8 Å². The lowest BCUT2D eigenvalue weighted by atomic mass is 10.0. The number of imide groups is 1. The molecular weight excluding hydrogens is 288 g/mol. The molecule has 0 unspecified atom stereocenters. The number of fused-ring (bicyclic) bond motifs is 1. The lowest BCUT2D eigenvalue weighted by Crippen LogP contribution is -2.53. The summed E-state index contributed by atoms with van der Waals surface area (Å²) >= 11 is 0. The van der Waals surface area contributed by atoms with Gasteiger partial charge in [0.25, 0.3) is 0 Å². The first-order chi connectivity index (χ1) is 11.2. The molecule has 0 aromatic heterocycles. The van der Waals surface area contributed by atoms with Crippen molar-refractivity contribution >= 4 is 22.6 Å². The minimum absolute atomic E-state index is 0.0741. The van der Waals surface area contributed by atoms with Crippen LogP contribution in [0.2, 0.25) is 0 Å². The first kappa shape index (κ1) is 15.7. The van der Waals surface area contributed by atoms with Crippen molar-refractivity contribution < 1.29 is 9.59 Å². The van der Waals surface area contributed by atoms with Crippen molar-refractivity contribution in [3.05, 3.63) is 48.0 Å². The van der Waals surface area contributed by atoms with Crippen molar-refractivity contribution in [2.45, 2.75) is 26.3 Å². The van der Waals surface area contributed by atoms with Crippen LogP contribution >= 0.6 is 0 Å². The SMILES string of the molecule is CCCCN1C(=O)CN(Cc2cccc3ccccc23)CC1=O. The van der Waals surface area contributed by atoms with Gasteiger partial charge in [0.1, 0.15) is 0 Å². The van der Waals surface area contributed by atoms with E-state index in [0.717, 1.165) is 18.4 Å². The largest absolute Gasteiger partial charge is 0.281 e. The Morgan fingerprint density at radius 1 is 0.957 bits per heavy atom. The molecule has 4 nitrogen and oxygen atoms in total. The molecule has 1 aliphatic rings. The third-order valence-electron chi connectivity index (χ3n) is 4.33. The minimum Gasteiger partial charge on any atom is -0.281 e. The molecule has 1 saturated heterocycles. The fourth-order valence-electron chi connectivity index (χ4n) is 3.10. The van der Waals surface area contributed by atoms with E-state index in [1.165, 1.54) is 15.7 Å². The second kappa shape index (κ2) is 6.92. The Morgan fingerprint density at radius 3 is 2.39 bits per heavy atom. The van der Waals surface area contributed by atoms with Gasteiger partial charge in [0.15, 0.2) is 0 Å². The summed E-state index contributed by atoms with van der Waals surface area (Å²) in [6, 6.07) is 14.4. The van der Waals surface area contributed by atoms with Crippen LogP contribution in [0.25, 0.3) is 10.8 Å². The molecule has 0 atom stereocenters. The van der Waals surface area contributed by atoms with Gasteiger partial charge in [-0.05, 0) is 22.8 Å². The highest BCUT2D eigenvalue weighted by Gasteiger charge is 2.30. The number of carbonyl (C=O) groups is 2. The Balaban J connectivity index is 1.74. The molecule has 0 bridgehead atoms. The molecule has 4 heteroatoms. The zero-order chi connectivity index (χ0) is 16.2. The van der Waals surface area contributed by atoms with Gasteiger partial charge in [-0.2, -0.15) is 0 Å². The summed E-state index contributed by atoms with van der Waals surface area (Å²) in [6.45, 7) is 3.87. The predicted octanol–water partition coefficient (Wildman–Crippen LogP) is 2.81. The van der Waals surface area contributed by atoms with E-state index < -0.39 is 0 Å². The lowest BCUT2D eigenvalue weighted by molar-refractivity contribution is -0.151. The molecule has 1 aliphatic heterocycles. The summed E-state index contributed by atoms with van der Waals surface area (Å²) in [4.78, 5) is 27.8. The maximum absolute atomic E-state index is 12.2. The summed E-state index contributed by atoms with van der Waals surface area (Å²) in [5.41, 5.74) is 1.16. The number of benzene rings is 2. The van der Waals surface area contributed by atoms with Crippen LogP contribution in [0, 0.1) is 0 Å². The molecule has 0 saturated carbocycles. The molecule has 2 aromatic carbocycles. The van der Waals surface area contributed by atoms with Crippen molar-refractivity contribution in [2.24, 2.45) is 0 Å². The van der Waals surface area contributed by atoms with E-state index in [9.17, 15) is 9.59 Å². The number of unbranched alkanes of at least 4 members (excludes halogenated alkanes) is 1. The quantitative estimate of drug-likeness (QED) is 0.797. The Labute approximate surface area is 136 Å². The van der Waals surface area contributed by atoms with E-state index in [1.807, 2.05) is 23.1 Å². The molecule has 0 aliphatic carbocycles. The van der Waals surface area contributed by atoms with Crippen LogP contribution in [0.1, 0.15) is 25.3 Å². The second-order valence-electron chi connectivity index (χ2n) is 6.08. The van der Waals surface area contributed by atoms with Crippen molar-refractivity contribution in [3.8, 4) is 0 Å². The fourth-order valence-corrected chi connectivity index (χ4v) is 3.10. The molecule has 0 spiro atoms. The molecule has 3 rings (SSSR count). The van der Waals surface area contributed by atoms with Gasteiger partial charge in [-0.25, -0.2) is 0 Å². The lowest BCUT2D eigenvalue weighted by Gasteiger charge is -2.32. The van der Waals surface area contributed by atoms with Gasteiger partial charge in [-0.1, -0.05) is 55.8 Å². The van der Waals surface area contributed by atoms with Gasteiger partial charge in [-0.15, -0.1) is 0 Å². The molecule has 1 fully saturated rings. The Kier molecular flexibility index (Phi) is 4.72. The third-order valence-corrected chi connectivity index (χ3v) is 4.33. The fraction of sp³-hybridized carbons (Fsp3) is 0.368. The van der Waals surface area contributed by atoms with Crippen LogP contribution in [-0.4, -0.2) is 41.2 Å². The van der Waals surface area contributed by atoms with Crippen molar-refractivity contribution in [1.82, 2.24) is 9.80 Å². The van der Waals surface area contributed by atoms with Crippen LogP contribution in [-0.2, 0) is 16.1 Å². The molecule has 0 N–H and O–H groups in total. The summed E-state index contributed by atoms with van der Waals surface area (Å²) in [7, 11) is 0. The van der Waals surface area contributed by atoms with Crippen LogP contribution < -0.4 is 0 Å². The zero-order valence-electron chi connectivity index (χ0n) is 13.5. The van der Waals surface area contributed by atoms with Crippen LogP contribution in [0.15, 0.2) is 42.5 Å². The van der Waals surface area contributed by atoms with Crippen LogP contribution in [0.4, 0.5) is 0 Å². The van der Waals surface area contributed by atoms with Crippen molar-refractivity contribution in [3.63, 3.8) is 0 Å². The van der Waals surface area contributed by atoms with Crippen LogP contribution in [0.5, 0.6) is 0 Å². The molecule has 120 valence electrons. The van der Waals surface area contributed by atoms with Gasteiger partial charge in [0.05, 0.1) is 13.1 Å². The van der Waals surface area contributed by atoms with Gasteiger partial charge >= 0.3 is 0 Å². The Bertz CT molecular complexity index is 703. The maximum atomic E-state index is 12.2. The van der Waals surface area contributed by atoms with E-state index in [-0.39, 0.29) is 11.8 Å². The topological polar surface area (TPSA) is 40.6 Å². The van der Waals surface area contributed by atoms with Crippen molar-refractivity contribution in [1.29, 1.82) is 0 Å². The molecule has 23 heavy (non-hydrogen) atoms. The van der Waals surface area contributed by atoms with E-state index in [1.54, 1.807) is 0 Å². The molecule has 0 radical (unpaired) electrons. The third kappa shape index (κ3) is 3.42. The smallest absolute Gasteiger partial charge is 0.243 e. The number of piperazine rings is 1. The maximum Gasteiger partial charge on any atom is 0.243 e. The highest BCUT2D eigenvalue weighted by molar-refractivity contribution is 5.99. The van der Waals surface area contributed by atoms with Gasteiger partial charge in [0, 0.05) is 13.1 Å². The predicted molar refractivity (Wildman–Crippen MR) is 90.9 cm³/mol. The monoisotopic (exact) mass is 310 g/mol. The number of amides is 2. The Morgan fingerprint density at radius 2 is 1.65 bits per heavy atom.